The lowest BCUT2D eigenvalue weighted by Crippen LogP contribution is -2.54. The molecule has 11 N–H and O–H groups in total. The summed E-state index contributed by atoms with van der Waals surface area (Å²) in [6.45, 7) is 2.22. The molecule has 23 heteroatoms. The number of hydrogen-bond donors (Lipinski definition) is 10. The molecule has 3 unspecified atom stereocenters. The molecule has 0 aromatic heterocycles. The predicted octanol–water partition coefficient (Wildman–Crippen LogP) is 2.62. The van der Waals surface area contributed by atoms with Gasteiger partial charge in [0.1, 0.15) is 29.6 Å². The highest BCUT2D eigenvalue weighted by molar-refractivity contribution is 7.85. The first-order valence-electron chi connectivity index (χ1n) is 22.4. The summed E-state index contributed by atoms with van der Waals surface area (Å²) in [6.07, 6.45) is -1.79. The van der Waals surface area contributed by atoms with Gasteiger partial charge in [0.05, 0.1) is 25.8 Å². The number of hydrogen-bond acceptors (Lipinski definition) is 12. The van der Waals surface area contributed by atoms with Crippen LogP contribution in [0, 0.1) is 6.92 Å². The molecule has 0 heterocycles. The molecule has 5 rings (SSSR count). The number of methoxy groups -OCH3 is 1. The Morgan fingerprint density at radius 2 is 1.08 bits per heavy atom. The van der Waals surface area contributed by atoms with Crippen LogP contribution < -0.4 is 37.1 Å². The maximum atomic E-state index is 13.8. The number of aryl methyl sites for hydroxylation is 1. The zero-order valence-electron chi connectivity index (χ0n) is 40.1. The monoisotopic (exact) mass is 1030 g/mol. The number of nitrogens with two attached hydrogens (primary N) is 1. The van der Waals surface area contributed by atoms with Gasteiger partial charge in [0.2, 0.25) is 29.5 Å². The van der Waals surface area contributed by atoms with Gasteiger partial charge in [-0.15, -0.1) is 0 Å². The number of carboxylic acid groups (broad SMARTS) is 3. The number of benzene rings is 5. The molecular formula is C50H58N6O16S. The summed E-state index contributed by atoms with van der Waals surface area (Å²) in [6, 6.07) is 26.6. The third-order valence-electron chi connectivity index (χ3n) is 10.6. The Hall–Kier alpha value is -8.44. The minimum atomic E-state index is -4.33. The maximum Gasteiger partial charge on any atom is 0.303 e. The highest BCUT2D eigenvalue weighted by atomic mass is 32.2. The van der Waals surface area contributed by atoms with Gasteiger partial charge >= 0.3 is 17.9 Å². The molecule has 22 nitrogen and oxygen atoms in total. The fraction of sp³-hybridized carbons (Fsp3) is 0.300. The van der Waals surface area contributed by atoms with Crippen LogP contribution in [-0.4, -0.2) is 120 Å². The molecule has 0 fully saturated rings. The van der Waals surface area contributed by atoms with Crippen LogP contribution in [-0.2, 0) is 60.6 Å². The van der Waals surface area contributed by atoms with Gasteiger partial charge in [0, 0.05) is 25.7 Å². The van der Waals surface area contributed by atoms with E-state index in [4.69, 9.17) is 20.7 Å². The number of nitrogens with one attached hydrogen (secondary N) is 5. The minimum Gasteiger partial charge on any atom is -0.496 e. The predicted molar refractivity (Wildman–Crippen MR) is 267 cm³/mol. The zero-order valence-corrected chi connectivity index (χ0v) is 40.9. The Morgan fingerprint density at radius 1 is 0.603 bits per heavy atom. The largest absolute Gasteiger partial charge is 0.496 e. The average Bonchev–Trinajstić information content (AvgIpc) is 3.34. The van der Waals surface area contributed by atoms with Gasteiger partial charge in [-0.2, -0.15) is 8.42 Å². The Kier molecular flexibility index (Phi) is 23.4. The molecule has 3 atom stereocenters. The van der Waals surface area contributed by atoms with Gasteiger partial charge in [0.25, 0.3) is 16.0 Å². The standard InChI is InChI=1S/C36H42N6O14S.C11H10.C3H6O2/c1-56-27-13-10-22-4-2-3-5-23(22)32(27)36(52)42-26(16-20-6-8-21(9-7-20)19-57(53,54)55)35(51)39-18-29(44)41-25(12-15-31(47)48)34(50)38-17-28(43)40-24(33(37)49)11-14-30(45)46;1-9-5-4-7-10-6-2-3-8-11(9)10;1-2-3(4)5/h2-10,13,24-26H,11-12,14-19H2,1H3,(H2,37,49)(H,38,50)(H,39,51)(H,40,43)(H,41,44)(H,42,52)(H,45,46)(H,47,48)(H,53,54,55);2-8H,1H3;2H2,1H3,(H,4,5). The summed E-state index contributed by atoms with van der Waals surface area (Å²) in [5.41, 5.74) is 7.35. The van der Waals surface area contributed by atoms with Crippen LogP contribution in [0.25, 0.3) is 21.5 Å². The molecule has 5 aromatic carbocycles. The highest BCUT2D eigenvalue weighted by Crippen LogP contribution is 2.28. The summed E-state index contributed by atoms with van der Waals surface area (Å²) in [5, 5.41) is 41.3. The topological polar surface area (TPSA) is 364 Å². The van der Waals surface area contributed by atoms with E-state index in [2.05, 4.69) is 76.0 Å². The molecule has 0 bridgehead atoms. The molecule has 0 spiro atoms. The Morgan fingerprint density at radius 3 is 1.59 bits per heavy atom. The maximum absolute atomic E-state index is 13.8. The Labute approximate surface area is 419 Å². The van der Waals surface area contributed by atoms with Crippen molar-refractivity contribution in [1.82, 2.24) is 26.6 Å². The molecule has 0 aliphatic carbocycles. The molecule has 0 radical (unpaired) electrons. The quantitative estimate of drug-likeness (QED) is 0.0420. The van der Waals surface area contributed by atoms with Crippen LogP contribution in [0.15, 0.2) is 103 Å². The van der Waals surface area contributed by atoms with E-state index >= 15 is 0 Å². The van der Waals surface area contributed by atoms with Crippen LogP contribution in [0.2, 0.25) is 0 Å². The summed E-state index contributed by atoms with van der Waals surface area (Å²) >= 11 is 0. The molecule has 390 valence electrons. The molecular weight excluding hydrogens is 973 g/mol. The summed E-state index contributed by atoms with van der Waals surface area (Å²) in [4.78, 5) is 109. The first-order chi connectivity index (χ1) is 34.5. The second-order valence-corrected chi connectivity index (χ2v) is 17.6. The van der Waals surface area contributed by atoms with Crippen molar-refractivity contribution in [3.8, 4) is 5.75 Å². The zero-order chi connectivity index (χ0) is 54.3. The first kappa shape index (κ1) is 58.9. The number of aliphatic carboxylic acids is 3. The normalized spacial score (nSPS) is 11.9. The van der Waals surface area contributed by atoms with Crippen molar-refractivity contribution in [2.24, 2.45) is 5.73 Å². The van der Waals surface area contributed by atoms with E-state index in [1.165, 1.54) is 47.7 Å². The van der Waals surface area contributed by atoms with Crippen LogP contribution in [0.3, 0.4) is 0 Å². The second kappa shape index (κ2) is 29.0. The Balaban J connectivity index is 0.000000739. The van der Waals surface area contributed by atoms with E-state index in [0.29, 0.717) is 16.3 Å². The number of rotatable bonds is 23. The molecule has 6 amide bonds. The van der Waals surface area contributed by atoms with Crippen molar-refractivity contribution in [3.63, 3.8) is 0 Å². The van der Waals surface area contributed by atoms with Crippen LogP contribution >= 0.6 is 0 Å². The average molecular weight is 1030 g/mol. The Bertz CT molecular complexity index is 2890. The summed E-state index contributed by atoms with van der Waals surface area (Å²) < 4.78 is 37.2. The molecule has 73 heavy (non-hydrogen) atoms. The van der Waals surface area contributed by atoms with Crippen molar-refractivity contribution in [1.29, 1.82) is 0 Å². The van der Waals surface area contributed by atoms with E-state index in [1.807, 2.05) is 0 Å². The second-order valence-electron chi connectivity index (χ2n) is 16.1. The van der Waals surface area contributed by atoms with Crippen molar-refractivity contribution in [2.45, 2.75) is 76.3 Å². The van der Waals surface area contributed by atoms with Crippen molar-refractivity contribution in [3.05, 3.63) is 125 Å². The van der Waals surface area contributed by atoms with Gasteiger partial charge in [-0.25, -0.2) is 0 Å². The van der Waals surface area contributed by atoms with Crippen LogP contribution in [0.4, 0.5) is 0 Å². The van der Waals surface area contributed by atoms with Crippen molar-refractivity contribution in [2.75, 3.05) is 20.2 Å². The number of carboxylic acids is 3. The molecule has 0 aliphatic heterocycles. The third kappa shape index (κ3) is 20.8. The fourth-order valence-corrected chi connectivity index (χ4v) is 7.48. The number of ether oxygens (including phenoxy) is 1. The lowest BCUT2D eigenvalue weighted by Gasteiger charge is -2.21. The lowest BCUT2D eigenvalue weighted by molar-refractivity contribution is -0.138. The van der Waals surface area contributed by atoms with Gasteiger partial charge in [0.15, 0.2) is 0 Å². The number of primary amides is 1. The smallest absolute Gasteiger partial charge is 0.303 e. The first-order valence-corrected chi connectivity index (χ1v) is 24.0. The summed E-state index contributed by atoms with van der Waals surface area (Å²) in [7, 11) is -2.97. The van der Waals surface area contributed by atoms with E-state index in [-0.39, 0.29) is 36.1 Å². The van der Waals surface area contributed by atoms with Crippen LogP contribution in [0.5, 0.6) is 5.75 Å². The number of amides is 6. The number of carbonyl (C=O) groups excluding carboxylic acids is 6. The SMILES string of the molecule is CCC(=O)O.COc1ccc2ccccc2c1C(=O)NC(Cc1ccc(CS(=O)(=O)O)cc1)C(=O)NCC(=O)NC(CCC(=O)O)C(=O)NCC(=O)NC(CCC(=O)O)C(N)=O.Cc1cccc2ccccc12. The van der Waals surface area contributed by atoms with E-state index in [9.17, 15) is 61.2 Å². The molecule has 0 aliphatic rings. The van der Waals surface area contributed by atoms with E-state index in [0.717, 1.165) is 0 Å². The molecule has 0 saturated carbocycles. The summed E-state index contributed by atoms with van der Waals surface area (Å²) in [5.74, 6) is -9.26. The van der Waals surface area contributed by atoms with Crippen molar-refractivity contribution < 1.29 is 76.2 Å². The molecule has 5 aromatic rings. The highest BCUT2D eigenvalue weighted by Gasteiger charge is 2.28. The number of carbonyl (C=O) groups is 9. The van der Waals surface area contributed by atoms with E-state index in [1.54, 1.807) is 43.3 Å². The van der Waals surface area contributed by atoms with Gasteiger partial charge in [-0.05, 0) is 64.1 Å². The van der Waals surface area contributed by atoms with E-state index < -0.39 is 120 Å². The fourth-order valence-electron chi connectivity index (χ4n) is 6.86. The van der Waals surface area contributed by atoms with Gasteiger partial charge < -0.3 is 52.4 Å². The lowest BCUT2D eigenvalue weighted by atomic mass is 10.0. The van der Waals surface area contributed by atoms with Gasteiger partial charge in [-0.3, -0.25) is 47.7 Å². The van der Waals surface area contributed by atoms with Gasteiger partial charge in [-0.1, -0.05) is 104 Å². The van der Waals surface area contributed by atoms with Crippen LogP contribution in [0.1, 0.15) is 66.1 Å². The molecule has 0 saturated heterocycles. The third-order valence-corrected chi connectivity index (χ3v) is 11.3. The number of fused-ring (bicyclic) bond motifs is 2. The van der Waals surface area contributed by atoms with Crippen molar-refractivity contribution >= 4 is 85.0 Å². The minimum absolute atomic E-state index is 0.112.